The van der Waals surface area contributed by atoms with Crippen LogP contribution < -0.4 is 0 Å². The summed E-state index contributed by atoms with van der Waals surface area (Å²) in [5.74, 6) is -1.34. The highest BCUT2D eigenvalue weighted by Crippen LogP contribution is 2.53. The molecule has 7 heteroatoms. The van der Waals surface area contributed by atoms with Crippen LogP contribution in [0.3, 0.4) is 0 Å². The molecule has 0 saturated carbocycles. The van der Waals surface area contributed by atoms with Crippen LogP contribution in [-0.4, -0.2) is 42.6 Å². The standard InChI is InChI=1S/C22H39BO5Si/c1-15(29(7,8)9)22(6)17(19(25)26)13-12-16(18(22)24)11-10-14-23-27-20(2,3)21(4,5)28-23/h12-13,15,17,24H,10-11,14H2,1-9H3,(H,25,26). The Morgan fingerprint density at radius 3 is 2.14 bits per heavy atom. The lowest BCUT2D eigenvalue weighted by Crippen LogP contribution is -2.46. The first-order chi connectivity index (χ1) is 13.0. The highest BCUT2D eigenvalue weighted by Gasteiger charge is 2.52. The number of rotatable bonds is 7. The molecule has 0 radical (unpaired) electrons. The summed E-state index contributed by atoms with van der Waals surface area (Å²) in [7, 11) is -1.95. The zero-order valence-corrected chi connectivity index (χ0v) is 20.6. The Labute approximate surface area is 177 Å². The molecule has 5 nitrogen and oxygen atoms in total. The van der Waals surface area contributed by atoms with Gasteiger partial charge in [0.05, 0.1) is 17.1 Å². The molecular formula is C22H39BO5Si. The molecule has 0 aromatic rings. The van der Waals surface area contributed by atoms with E-state index in [0.29, 0.717) is 6.42 Å². The Kier molecular flexibility index (Phi) is 6.59. The van der Waals surface area contributed by atoms with Gasteiger partial charge in [-0.25, -0.2) is 0 Å². The van der Waals surface area contributed by atoms with E-state index in [4.69, 9.17) is 9.31 Å². The van der Waals surface area contributed by atoms with E-state index < -0.39 is 25.4 Å². The second kappa shape index (κ2) is 7.89. The lowest BCUT2D eigenvalue weighted by Gasteiger charge is -2.46. The Balaban J connectivity index is 2.16. The van der Waals surface area contributed by atoms with Crippen LogP contribution in [0.2, 0.25) is 31.5 Å². The fraction of sp³-hybridized carbons (Fsp3) is 0.773. The topological polar surface area (TPSA) is 76.0 Å². The summed E-state index contributed by atoms with van der Waals surface area (Å²) in [4.78, 5) is 12.0. The van der Waals surface area contributed by atoms with Crippen LogP contribution in [0.25, 0.3) is 0 Å². The van der Waals surface area contributed by atoms with Crippen LogP contribution >= 0.6 is 0 Å². The van der Waals surface area contributed by atoms with E-state index in [2.05, 4.69) is 26.6 Å². The molecule has 29 heavy (non-hydrogen) atoms. The molecule has 1 saturated heterocycles. The molecule has 2 rings (SSSR count). The first-order valence-corrected chi connectivity index (χ1v) is 14.3. The quantitative estimate of drug-likeness (QED) is 0.517. The van der Waals surface area contributed by atoms with Crippen molar-refractivity contribution in [3.05, 3.63) is 23.5 Å². The summed E-state index contributed by atoms with van der Waals surface area (Å²) in [6.07, 6.45) is 5.78. The maximum absolute atomic E-state index is 12.0. The molecule has 0 aromatic carbocycles. The van der Waals surface area contributed by atoms with Crippen LogP contribution in [0.1, 0.15) is 54.4 Å². The summed E-state index contributed by atoms with van der Waals surface area (Å²) < 4.78 is 12.1. The van der Waals surface area contributed by atoms with Gasteiger partial charge in [0.2, 0.25) is 0 Å². The second-order valence-electron chi connectivity index (χ2n) is 11.0. The Morgan fingerprint density at radius 1 is 1.17 bits per heavy atom. The van der Waals surface area contributed by atoms with Gasteiger partial charge in [-0.2, -0.15) is 0 Å². The van der Waals surface area contributed by atoms with Gasteiger partial charge in [0, 0.05) is 13.5 Å². The van der Waals surface area contributed by atoms with Gasteiger partial charge in [0.15, 0.2) is 0 Å². The molecule has 1 aliphatic heterocycles. The van der Waals surface area contributed by atoms with Crippen LogP contribution in [0, 0.1) is 11.3 Å². The summed E-state index contributed by atoms with van der Waals surface area (Å²) in [6.45, 7) is 18.9. The van der Waals surface area contributed by atoms with Gasteiger partial charge in [-0.1, -0.05) is 52.1 Å². The Hall–Kier alpha value is -1.05. The lowest BCUT2D eigenvalue weighted by molar-refractivity contribution is -0.144. The molecular weight excluding hydrogens is 383 g/mol. The monoisotopic (exact) mass is 422 g/mol. The fourth-order valence-corrected chi connectivity index (χ4v) is 6.56. The minimum absolute atomic E-state index is 0.110. The smallest absolute Gasteiger partial charge is 0.457 e. The number of hydrogen-bond acceptors (Lipinski definition) is 4. The summed E-state index contributed by atoms with van der Waals surface area (Å²) >= 11 is 0. The normalized spacial score (nSPS) is 30.0. The van der Waals surface area contributed by atoms with Crippen LogP contribution in [0.15, 0.2) is 23.5 Å². The molecule has 0 aromatic heterocycles. The SMILES string of the molecule is CC(C1(C)C(O)=C(CCCB2OC(C)(C)C(C)(C)O2)C=CC1C(=O)O)[Si](C)(C)C. The van der Waals surface area contributed by atoms with E-state index >= 15 is 0 Å². The predicted molar refractivity (Wildman–Crippen MR) is 121 cm³/mol. The minimum Gasteiger partial charge on any atom is -0.511 e. The molecule has 3 atom stereocenters. The molecule has 0 amide bonds. The molecule has 2 N–H and O–H groups in total. The summed E-state index contributed by atoms with van der Waals surface area (Å²) in [5, 5.41) is 21.0. The fourth-order valence-electron chi connectivity index (χ4n) is 4.44. The van der Waals surface area contributed by atoms with Crippen LogP contribution in [0.4, 0.5) is 0 Å². The van der Waals surface area contributed by atoms with Gasteiger partial charge in [0.1, 0.15) is 5.76 Å². The zero-order chi connectivity index (χ0) is 22.4. The average Bonchev–Trinajstić information content (AvgIpc) is 2.76. The number of aliphatic hydroxyl groups excluding tert-OH is 1. The van der Waals surface area contributed by atoms with Crippen molar-refractivity contribution in [1.82, 2.24) is 0 Å². The summed E-state index contributed by atoms with van der Waals surface area (Å²) in [5.41, 5.74) is -0.524. The molecule has 3 unspecified atom stereocenters. The van der Waals surface area contributed by atoms with Crippen molar-refractivity contribution in [2.45, 2.75) is 97.1 Å². The van der Waals surface area contributed by atoms with E-state index in [1.807, 2.05) is 34.6 Å². The number of carboxylic acids is 1. The maximum Gasteiger partial charge on any atom is 0.457 e. The van der Waals surface area contributed by atoms with E-state index in [-0.39, 0.29) is 29.6 Å². The third kappa shape index (κ3) is 4.52. The van der Waals surface area contributed by atoms with Crippen molar-refractivity contribution in [2.24, 2.45) is 11.3 Å². The molecule has 2 aliphatic rings. The average molecular weight is 422 g/mol. The van der Waals surface area contributed by atoms with Gasteiger partial charge < -0.3 is 19.5 Å². The van der Waals surface area contributed by atoms with E-state index in [1.54, 1.807) is 12.2 Å². The van der Waals surface area contributed by atoms with Gasteiger partial charge in [0.25, 0.3) is 0 Å². The number of aliphatic hydroxyl groups is 1. The van der Waals surface area contributed by atoms with E-state index in [9.17, 15) is 15.0 Å². The molecule has 1 aliphatic carbocycles. The third-order valence-electron chi connectivity index (χ3n) is 7.60. The largest absolute Gasteiger partial charge is 0.511 e. The molecule has 0 spiro atoms. The Bertz CT molecular complexity index is 690. The molecule has 1 heterocycles. The van der Waals surface area contributed by atoms with Crippen molar-refractivity contribution in [1.29, 1.82) is 0 Å². The van der Waals surface area contributed by atoms with Crippen molar-refractivity contribution in [3.63, 3.8) is 0 Å². The highest BCUT2D eigenvalue weighted by molar-refractivity contribution is 6.77. The summed E-state index contributed by atoms with van der Waals surface area (Å²) in [6, 6.07) is 0. The first kappa shape index (κ1) is 24.2. The highest BCUT2D eigenvalue weighted by atomic mass is 28.3. The van der Waals surface area contributed by atoms with Gasteiger partial charge in [-0.3, -0.25) is 4.79 Å². The zero-order valence-electron chi connectivity index (χ0n) is 19.6. The third-order valence-corrected chi connectivity index (χ3v) is 10.8. The van der Waals surface area contributed by atoms with Crippen molar-refractivity contribution >= 4 is 21.2 Å². The van der Waals surface area contributed by atoms with E-state index in [0.717, 1.165) is 18.3 Å². The van der Waals surface area contributed by atoms with Crippen molar-refractivity contribution < 1.29 is 24.3 Å². The van der Waals surface area contributed by atoms with Gasteiger partial charge in [-0.15, -0.1) is 0 Å². The lowest BCUT2D eigenvalue weighted by atomic mass is 9.68. The number of hydrogen-bond donors (Lipinski definition) is 2. The molecule has 1 fully saturated rings. The number of carbonyl (C=O) groups is 1. The predicted octanol–water partition coefficient (Wildman–Crippen LogP) is 5.68. The number of aliphatic carboxylic acids is 1. The Morgan fingerprint density at radius 2 is 1.69 bits per heavy atom. The van der Waals surface area contributed by atoms with Gasteiger partial charge in [-0.05, 0) is 51.6 Å². The van der Waals surface area contributed by atoms with Crippen LogP contribution in [-0.2, 0) is 14.1 Å². The van der Waals surface area contributed by atoms with Gasteiger partial charge >= 0.3 is 13.1 Å². The molecule has 0 bridgehead atoms. The first-order valence-electron chi connectivity index (χ1n) is 10.7. The van der Waals surface area contributed by atoms with Crippen molar-refractivity contribution in [2.75, 3.05) is 0 Å². The maximum atomic E-state index is 12.0. The molecule has 164 valence electrons. The van der Waals surface area contributed by atoms with Crippen molar-refractivity contribution in [3.8, 4) is 0 Å². The second-order valence-corrected chi connectivity index (χ2v) is 16.6. The minimum atomic E-state index is -1.70. The van der Waals surface area contributed by atoms with Crippen LogP contribution in [0.5, 0.6) is 0 Å². The number of carboxylic acid groups (broad SMARTS) is 1. The number of allylic oxidation sites excluding steroid dienone is 3. The van der Waals surface area contributed by atoms with E-state index in [1.165, 1.54) is 0 Å².